The van der Waals surface area contributed by atoms with Gasteiger partial charge in [-0.2, -0.15) is 0 Å². The van der Waals surface area contributed by atoms with Crippen LogP contribution in [0.4, 0.5) is 0 Å². The molecular weight excluding hydrogens is 142 g/mol. The van der Waals surface area contributed by atoms with E-state index in [0.717, 1.165) is 6.92 Å². The Morgan fingerprint density at radius 2 is 2.20 bits per heavy atom. The molecule has 1 atom stereocenters. The Morgan fingerprint density at radius 3 is 2.30 bits per heavy atom. The van der Waals surface area contributed by atoms with E-state index in [2.05, 4.69) is 4.84 Å². The lowest BCUT2D eigenvalue weighted by atomic mass is 10.4. The summed E-state index contributed by atoms with van der Waals surface area (Å²) in [6, 6.07) is 0. The van der Waals surface area contributed by atoms with E-state index in [-0.39, 0.29) is 7.43 Å². The summed E-state index contributed by atoms with van der Waals surface area (Å²) in [5.41, 5.74) is 0. The highest BCUT2D eigenvalue weighted by Crippen LogP contribution is 1.88. The number of aliphatic carboxylic acids is 1. The number of rotatable bonds is 3. The molecule has 1 N–H and O–H groups in total. The van der Waals surface area contributed by atoms with Crippen molar-refractivity contribution in [2.24, 2.45) is 0 Å². The lowest BCUT2D eigenvalue weighted by molar-refractivity contribution is -0.764. The molecule has 60 valence electrons. The van der Waals surface area contributed by atoms with Crippen LogP contribution in [-0.2, 0) is 9.63 Å². The average molecular weight is 151 g/mol. The summed E-state index contributed by atoms with van der Waals surface area (Å²) >= 11 is 0. The molecule has 0 saturated carbocycles. The van der Waals surface area contributed by atoms with E-state index in [4.69, 9.17) is 5.11 Å². The van der Waals surface area contributed by atoms with Crippen molar-refractivity contribution in [1.82, 2.24) is 0 Å². The van der Waals surface area contributed by atoms with E-state index < -0.39 is 17.2 Å². The smallest absolute Gasteiger partial charge is 0.332 e. The zero-order chi connectivity index (χ0) is 7.44. The highest BCUT2D eigenvalue weighted by Gasteiger charge is 2.13. The highest BCUT2D eigenvalue weighted by molar-refractivity contribution is 5.71. The number of nitrogens with zero attached hydrogens (tertiary/aromatic N) is 1. The molecule has 0 aliphatic carbocycles. The van der Waals surface area contributed by atoms with E-state index >= 15 is 0 Å². The summed E-state index contributed by atoms with van der Waals surface area (Å²) in [6.45, 7) is 1.07. The number of carboxylic acids is 1. The van der Waals surface area contributed by atoms with E-state index in [1.165, 1.54) is 0 Å². The summed E-state index contributed by atoms with van der Waals surface area (Å²) in [7, 11) is 0. The summed E-state index contributed by atoms with van der Waals surface area (Å²) < 4.78 is 0. The van der Waals surface area contributed by atoms with Crippen molar-refractivity contribution >= 4 is 5.97 Å². The molecule has 10 heavy (non-hydrogen) atoms. The molecule has 0 fully saturated rings. The maximum atomic E-state index is 9.81. The lowest BCUT2D eigenvalue weighted by Gasteiger charge is -2.00. The highest BCUT2D eigenvalue weighted by atomic mass is 17.0. The van der Waals surface area contributed by atoms with Gasteiger partial charge in [-0.3, -0.25) is 4.84 Å². The van der Waals surface area contributed by atoms with Gasteiger partial charge in [0.15, 0.2) is 0 Å². The van der Waals surface area contributed by atoms with Gasteiger partial charge in [-0.25, -0.2) is 4.79 Å². The Labute approximate surface area is 57.5 Å². The summed E-state index contributed by atoms with van der Waals surface area (Å²) in [4.78, 5) is 22.9. The van der Waals surface area contributed by atoms with Crippen LogP contribution in [0.1, 0.15) is 14.4 Å². The third-order valence-electron chi connectivity index (χ3n) is 0.592. The maximum Gasteiger partial charge on any atom is 0.332 e. The fourth-order valence-corrected chi connectivity index (χ4v) is 0.174. The summed E-state index contributed by atoms with van der Waals surface area (Å²) in [5.74, 6) is -1.35. The van der Waals surface area contributed by atoms with E-state index in [1.807, 2.05) is 0 Å². The zero-order valence-electron chi connectivity index (χ0n) is 4.60. The van der Waals surface area contributed by atoms with Crippen LogP contribution >= 0.6 is 0 Å². The minimum atomic E-state index is -1.39. The first kappa shape index (κ1) is 11.5. The van der Waals surface area contributed by atoms with Gasteiger partial charge in [0.05, 0.1) is 0 Å². The van der Waals surface area contributed by atoms with Crippen molar-refractivity contribution in [1.29, 1.82) is 0 Å². The number of carbonyl (C=O) groups is 1. The standard InChI is InChI=1S/C3H5NO5.CH4/c1-2(3(5)6)9-4(7)8;/h2H,1H3,(H,5,6);1H4. The molecule has 0 aromatic rings. The Hall–Kier alpha value is -1.33. The van der Waals surface area contributed by atoms with Crippen molar-refractivity contribution < 1.29 is 19.8 Å². The van der Waals surface area contributed by atoms with Gasteiger partial charge in [0.2, 0.25) is 6.10 Å². The van der Waals surface area contributed by atoms with Crippen LogP contribution in [0.15, 0.2) is 0 Å². The van der Waals surface area contributed by atoms with Gasteiger partial charge in [0.1, 0.15) is 0 Å². The predicted molar refractivity (Wildman–Crippen MR) is 31.9 cm³/mol. The third-order valence-corrected chi connectivity index (χ3v) is 0.592. The molecule has 0 bridgehead atoms. The van der Waals surface area contributed by atoms with Crippen molar-refractivity contribution in [2.75, 3.05) is 0 Å². The number of carboxylic acid groups (broad SMARTS) is 1. The van der Waals surface area contributed by atoms with Crippen molar-refractivity contribution in [3.05, 3.63) is 10.1 Å². The topological polar surface area (TPSA) is 89.7 Å². The molecule has 0 amide bonds. The molecule has 0 spiro atoms. The summed E-state index contributed by atoms with van der Waals surface area (Å²) in [5, 5.41) is 16.3. The van der Waals surface area contributed by atoms with Crippen molar-refractivity contribution in [2.45, 2.75) is 20.5 Å². The molecule has 0 aliphatic heterocycles. The van der Waals surface area contributed by atoms with Crippen LogP contribution in [-0.4, -0.2) is 22.3 Å². The van der Waals surface area contributed by atoms with Gasteiger partial charge in [0.25, 0.3) is 5.09 Å². The second-order valence-electron chi connectivity index (χ2n) is 1.31. The Morgan fingerprint density at radius 1 is 1.80 bits per heavy atom. The molecule has 6 heteroatoms. The first-order valence-corrected chi connectivity index (χ1v) is 2.08. The molecule has 6 nitrogen and oxygen atoms in total. The third kappa shape index (κ3) is 4.82. The number of hydrogen-bond donors (Lipinski definition) is 1. The zero-order valence-corrected chi connectivity index (χ0v) is 4.60. The molecule has 0 aliphatic rings. The van der Waals surface area contributed by atoms with Gasteiger partial charge in [-0.05, 0) is 6.92 Å². The molecule has 1 unspecified atom stereocenters. The minimum Gasteiger partial charge on any atom is -0.480 e. The lowest BCUT2D eigenvalue weighted by Crippen LogP contribution is -2.22. The molecular formula is C4H9NO5. The Kier molecular flexibility index (Phi) is 5.20. The van der Waals surface area contributed by atoms with Crippen molar-refractivity contribution in [3.63, 3.8) is 0 Å². The fraction of sp³-hybridized carbons (Fsp3) is 0.750. The molecule has 0 heterocycles. The molecule has 0 aromatic carbocycles. The molecule has 0 rings (SSSR count). The second-order valence-corrected chi connectivity index (χ2v) is 1.31. The largest absolute Gasteiger partial charge is 0.480 e. The molecule has 0 aromatic heterocycles. The Bertz CT molecular complexity index is 134. The van der Waals surface area contributed by atoms with Crippen LogP contribution in [0.25, 0.3) is 0 Å². The minimum absolute atomic E-state index is 0. The van der Waals surface area contributed by atoms with Gasteiger partial charge in [-0.1, -0.05) is 7.43 Å². The second kappa shape index (κ2) is 4.54. The van der Waals surface area contributed by atoms with E-state index in [9.17, 15) is 14.9 Å². The summed E-state index contributed by atoms with van der Waals surface area (Å²) in [6.07, 6.45) is -1.39. The average Bonchev–Trinajstić information content (AvgIpc) is 1.63. The Balaban J connectivity index is 0. The van der Waals surface area contributed by atoms with Gasteiger partial charge >= 0.3 is 5.97 Å². The van der Waals surface area contributed by atoms with Crippen LogP contribution in [0, 0.1) is 10.1 Å². The van der Waals surface area contributed by atoms with Crippen LogP contribution in [0.2, 0.25) is 0 Å². The van der Waals surface area contributed by atoms with Crippen LogP contribution < -0.4 is 0 Å². The first-order valence-electron chi connectivity index (χ1n) is 2.08. The predicted octanol–water partition coefficient (Wildman–Crippen LogP) is 0.304. The first-order chi connectivity index (χ1) is 4.04. The van der Waals surface area contributed by atoms with Gasteiger partial charge < -0.3 is 5.11 Å². The monoisotopic (exact) mass is 151 g/mol. The van der Waals surface area contributed by atoms with E-state index in [1.54, 1.807) is 0 Å². The molecule has 0 saturated heterocycles. The quantitative estimate of drug-likeness (QED) is 0.462. The normalized spacial score (nSPS) is 10.9. The van der Waals surface area contributed by atoms with Crippen molar-refractivity contribution in [3.8, 4) is 0 Å². The van der Waals surface area contributed by atoms with E-state index in [0.29, 0.717) is 0 Å². The number of hydrogen-bond acceptors (Lipinski definition) is 4. The van der Waals surface area contributed by atoms with Gasteiger partial charge in [0, 0.05) is 0 Å². The van der Waals surface area contributed by atoms with Crippen LogP contribution in [0.5, 0.6) is 0 Å². The molecule has 0 radical (unpaired) electrons. The fourth-order valence-electron chi connectivity index (χ4n) is 0.174. The maximum absolute atomic E-state index is 9.81. The SMILES string of the molecule is C.CC(O[N+](=O)[O-])C(=O)O. The van der Waals surface area contributed by atoms with Gasteiger partial charge in [-0.15, -0.1) is 10.1 Å². The van der Waals surface area contributed by atoms with Crippen LogP contribution in [0.3, 0.4) is 0 Å².